The molecule has 2 unspecified atom stereocenters. The zero-order valence-electron chi connectivity index (χ0n) is 17.4. The van der Waals surface area contributed by atoms with E-state index >= 15 is 0 Å². The number of hydrogen-bond acceptors (Lipinski definition) is 4. The van der Waals surface area contributed by atoms with Crippen molar-refractivity contribution in [2.45, 2.75) is 57.9 Å². The van der Waals surface area contributed by atoms with Gasteiger partial charge in [-0.1, -0.05) is 13.0 Å². The van der Waals surface area contributed by atoms with Crippen molar-refractivity contribution in [1.29, 1.82) is 0 Å². The van der Waals surface area contributed by atoms with E-state index in [9.17, 15) is 9.59 Å². The Hall–Kier alpha value is -1.88. The number of benzene rings is 1. The number of amides is 1. The molecule has 5 heteroatoms. The van der Waals surface area contributed by atoms with Crippen molar-refractivity contribution in [2.75, 3.05) is 32.8 Å². The molecule has 2 saturated heterocycles. The first-order chi connectivity index (χ1) is 13.4. The summed E-state index contributed by atoms with van der Waals surface area (Å²) in [6, 6.07) is 6.30. The number of carbonyl (C=O) groups excluding carboxylic acids is 2. The van der Waals surface area contributed by atoms with E-state index < -0.39 is 5.41 Å². The van der Waals surface area contributed by atoms with Crippen LogP contribution < -0.4 is 0 Å². The number of piperidine rings is 2. The average Bonchev–Trinajstić information content (AvgIpc) is 3.33. The molecule has 0 N–H and O–H groups in total. The van der Waals surface area contributed by atoms with Crippen LogP contribution in [-0.4, -0.2) is 60.5 Å². The highest BCUT2D eigenvalue weighted by molar-refractivity contribution is 6.00. The second-order valence-corrected chi connectivity index (χ2v) is 8.87. The second kappa shape index (κ2) is 7.51. The number of ether oxygens (including phenoxy) is 1. The van der Waals surface area contributed by atoms with Crippen LogP contribution in [0.2, 0.25) is 0 Å². The average molecular weight is 385 g/mol. The fourth-order valence-electron chi connectivity index (χ4n) is 5.08. The van der Waals surface area contributed by atoms with Crippen molar-refractivity contribution >= 4 is 11.9 Å². The monoisotopic (exact) mass is 384 g/mol. The molecule has 2 aliphatic heterocycles. The van der Waals surface area contributed by atoms with Crippen molar-refractivity contribution in [3.05, 3.63) is 34.9 Å². The van der Waals surface area contributed by atoms with Crippen LogP contribution in [-0.2, 0) is 14.9 Å². The Bertz CT molecular complexity index is 769. The fraction of sp³-hybridized carbons (Fsp3) is 0.652. The fourth-order valence-corrected chi connectivity index (χ4v) is 5.08. The molecule has 3 aliphatic rings. The van der Waals surface area contributed by atoms with Gasteiger partial charge in [-0.15, -0.1) is 0 Å². The lowest BCUT2D eigenvalue weighted by molar-refractivity contribution is -0.146. The molecular weight excluding hydrogens is 352 g/mol. The lowest BCUT2D eigenvalue weighted by Gasteiger charge is -2.41. The SMILES string of the molecule is CCOC(=O)C1(C)c2ccc(C(=O)N3CCC(N4CCCC(C)C4)CC3)cc21. The predicted octanol–water partition coefficient (Wildman–Crippen LogP) is 3.21. The lowest BCUT2D eigenvalue weighted by Crippen LogP contribution is -2.49. The first-order valence-electron chi connectivity index (χ1n) is 10.8. The second-order valence-electron chi connectivity index (χ2n) is 8.87. The van der Waals surface area contributed by atoms with Gasteiger partial charge >= 0.3 is 5.97 Å². The first kappa shape index (κ1) is 19.4. The van der Waals surface area contributed by atoms with Gasteiger partial charge < -0.3 is 9.64 Å². The molecule has 152 valence electrons. The molecule has 4 rings (SSSR count). The third-order valence-corrected chi connectivity index (χ3v) is 6.92. The number of rotatable bonds is 4. The molecule has 0 radical (unpaired) electrons. The molecule has 2 heterocycles. The highest BCUT2D eigenvalue weighted by atomic mass is 16.5. The summed E-state index contributed by atoms with van der Waals surface area (Å²) >= 11 is 0. The largest absolute Gasteiger partial charge is 0.465 e. The Morgan fingerprint density at radius 3 is 2.57 bits per heavy atom. The summed E-state index contributed by atoms with van der Waals surface area (Å²) in [5, 5.41) is 0. The number of hydrogen-bond donors (Lipinski definition) is 0. The standard InChI is InChI=1S/C23H32N2O3/c1-4-28-22(27)23(3)19-8-7-17(14-20(19)23)21(26)24-12-9-18(10-13-24)25-11-5-6-16(2)15-25/h7-8,14,16,18H,4-6,9-13,15H2,1-3H3. The van der Waals surface area contributed by atoms with Crippen LogP contribution in [0.5, 0.6) is 0 Å². The highest BCUT2D eigenvalue weighted by Crippen LogP contribution is 2.50. The van der Waals surface area contributed by atoms with Gasteiger partial charge in [-0.25, -0.2) is 0 Å². The summed E-state index contributed by atoms with van der Waals surface area (Å²) in [6.07, 6.45) is 4.76. The number of nitrogens with zero attached hydrogens (tertiary/aromatic N) is 2. The molecule has 28 heavy (non-hydrogen) atoms. The summed E-state index contributed by atoms with van der Waals surface area (Å²) < 4.78 is 5.21. The van der Waals surface area contributed by atoms with E-state index in [-0.39, 0.29) is 11.9 Å². The quantitative estimate of drug-likeness (QED) is 0.748. The van der Waals surface area contributed by atoms with Gasteiger partial charge in [-0.2, -0.15) is 0 Å². The Morgan fingerprint density at radius 1 is 1.14 bits per heavy atom. The molecule has 1 aliphatic carbocycles. The van der Waals surface area contributed by atoms with E-state index in [1.807, 2.05) is 36.9 Å². The zero-order valence-corrected chi connectivity index (χ0v) is 17.4. The molecule has 2 fully saturated rings. The van der Waals surface area contributed by atoms with Gasteiger partial charge in [0.1, 0.15) is 5.41 Å². The Kier molecular flexibility index (Phi) is 5.21. The maximum absolute atomic E-state index is 13.0. The Labute approximate surface area is 168 Å². The molecule has 1 aromatic rings. The first-order valence-corrected chi connectivity index (χ1v) is 10.8. The molecule has 1 aromatic carbocycles. The summed E-state index contributed by atoms with van der Waals surface area (Å²) in [7, 11) is 0. The summed E-state index contributed by atoms with van der Waals surface area (Å²) in [5.74, 6) is 0.665. The molecule has 0 spiro atoms. The van der Waals surface area contributed by atoms with Crippen LogP contribution in [0.25, 0.3) is 0 Å². The molecule has 1 amide bonds. The van der Waals surface area contributed by atoms with Gasteiger partial charge in [0.25, 0.3) is 5.91 Å². The zero-order chi connectivity index (χ0) is 19.9. The van der Waals surface area contributed by atoms with Crippen LogP contribution in [0, 0.1) is 5.92 Å². The Morgan fingerprint density at radius 2 is 1.89 bits per heavy atom. The van der Waals surface area contributed by atoms with E-state index in [1.54, 1.807) is 0 Å². The minimum Gasteiger partial charge on any atom is -0.465 e. The maximum atomic E-state index is 13.0. The van der Waals surface area contributed by atoms with Crippen molar-refractivity contribution in [3.8, 4) is 0 Å². The van der Waals surface area contributed by atoms with Crippen molar-refractivity contribution in [1.82, 2.24) is 9.80 Å². The molecule has 0 aromatic heterocycles. The van der Waals surface area contributed by atoms with Crippen LogP contribution in [0.1, 0.15) is 67.9 Å². The van der Waals surface area contributed by atoms with E-state index in [2.05, 4.69) is 11.8 Å². The number of carbonyl (C=O) groups is 2. The number of fused-ring (bicyclic) bond motifs is 1. The van der Waals surface area contributed by atoms with Gasteiger partial charge in [-0.05, 0) is 75.3 Å². The van der Waals surface area contributed by atoms with Gasteiger partial charge in [0.2, 0.25) is 0 Å². The summed E-state index contributed by atoms with van der Waals surface area (Å²) in [4.78, 5) is 29.9. The number of esters is 1. The minimum absolute atomic E-state index is 0.0892. The van der Waals surface area contributed by atoms with Crippen molar-refractivity contribution in [2.24, 2.45) is 5.92 Å². The van der Waals surface area contributed by atoms with E-state index in [0.717, 1.165) is 43.0 Å². The van der Waals surface area contributed by atoms with Crippen molar-refractivity contribution in [3.63, 3.8) is 0 Å². The molecule has 0 bridgehead atoms. The minimum atomic E-state index is -0.660. The summed E-state index contributed by atoms with van der Waals surface area (Å²) in [6.45, 7) is 10.5. The summed E-state index contributed by atoms with van der Waals surface area (Å²) in [5.41, 5.74) is 1.96. The van der Waals surface area contributed by atoms with Crippen molar-refractivity contribution < 1.29 is 14.3 Å². The van der Waals surface area contributed by atoms with Crippen LogP contribution in [0.15, 0.2) is 18.2 Å². The van der Waals surface area contributed by atoms with E-state index in [1.165, 1.54) is 25.9 Å². The smallest absolute Gasteiger partial charge is 0.320 e. The molecule has 5 nitrogen and oxygen atoms in total. The Balaban J connectivity index is 1.37. The van der Waals surface area contributed by atoms with Gasteiger partial charge in [-0.3, -0.25) is 14.5 Å². The molecule has 2 atom stereocenters. The topological polar surface area (TPSA) is 49.9 Å². The predicted molar refractivity (Wildman–Crippen MR) is 108 cm³/mol. The normalized spacial score (nSPS) is 28.0. The highest BCUT2D eigenvalue weighted by Gasteiger charge is 2.54. The van der Waals surface area contributed by atoms with E-state index in [4.69, 9.17) is 4.74 Å². The third-order valence-electron chi connectivity index (χ3n) is 6.92. The lowest BCUT2D eigenvalue weighted by atomic mass is 9.95. The van der Waals surface area contributed by atoms with Gasteiger partial charge in [0.05, 0.1) is 6.61 Å². The maximum Gasteiger partial charge on any atom is 0.320 e. The van der Waals surface area contributed by atoms with Gasteiger partial charge in [0.15, 0.2) is 0 Å². The van der Waals surface area contributed by atoms with E-state index in [0.29, 0.717) is 18.2 Å². The van der Waals surface area contributed by atoms with Crippen LogP contribution in [0.4, 0.5) is 0 Å². The van der Waals surface area contributed by atoms with Gasteiger partial charge in [0, 0.05) is 31.2 Å². The van der Waals surface area contributed by atoms with Crippen LogP contribution in [0.3, 0.4) is 0 Å². The third kappa shape index (κ3) is 3.34. The molecule has 0 saturated carbocycles. The van der Waals surface area contributed by atoms with Crippen LogP contribution >= 0.6 is 0 Å². The molecular formula is C23H32N2O3. The number of likely N-dealkylation sites (tertiary alicyclic amines) is 2.